The van der Waals surface area contributed by atoms with Gasteiger partial charge in [-0.25, -0.2) is 0 Å². The van der Waals surface area contributed by atoms with E-state index in [1.807, 2.05) is 0 Å². The molecule has 0 aromatic heterocycles. The summed E-state index contributed by atoms with van der Waals surface area (Å²) in [4.78, 5) is 11.6. The van der Waals surface area contributed by atoms with Crippen molar-refractivity contribution in [1.82, 2.24) is 5.32 Å². The molecule has 0 bridgehead atoms. The Morgan fingerprint density at radius 1 is 1.56 bits per heavy atom. The normalized spacial score (nSPS) is 19.2. The average molecular weight is 228 g/mol. The van der Waals surface area contributed by atoms with Crippen LogP contribution in [0.2, 0.25) is 0 Å². The second-order valence-corrected chi connectivity index (χ2v) is 4.94. The smallest absolute Gasteiger partial charge is 0.236 e. The van der Waals surface area contributed by atoms with E-state index in [0.29, 0.717) is 6.54 Å². The van der Waals surface area contributed by atoms with Crippen molar-refractivity contribution in [3.05, 3.63) is 0 Å². The van der Waals surface area contributed by atoms with Crippen LogP contribution >= 0.6 is 0 Å². The zero-order valence-corrected chi connectivity index (χ0v) is 10.2. The van der Waals surface area contributed by atoms with Crippen molar-refractivity contribution in [1.29, 1.82) is 0 Å². The van der Waals surface area contributed by atoms with E-state index in [1.54, 1.807) is 0 Å². The van der Waals surface area contributed by atoms with Crippen molar-refractivity contribution in [3.8, 4) is 0 Å². The summed E-state index contributed by atoms with van der Waals surface area (Å²) in [5.41, 5.74) is 5.94. The van der Waals surface area contributed by atoms with E-state index >= 15 is 0 Å². The van der Waals surface area contributed by atoms with Gasteiger partial charge in [-0.1, -0.05) is 19.8 Å². The first-order valence-corrected chi connectivity index (χ1v) is 6.28. The van der Waals surface area contributed by atoms with E-state index in [1.165, 1.54) is 0 Å². The van der Waals surface area contributed by atoms with E-state index in [2.05, 4.69) is 12.2 Å². The van der Waals surface area contributed by atoms with Gasteiger partial charge < -0.3 is 16.2 Å². The van der Waals surface area contributed by atoms with Gasteiger partial charge in [-0.05, 0) is 31.1 Å². The van der Waals surface area contributed by atoms with E-state index in [0.717, 1.165) is 38.5 Å². The Morgan fingerprint density at radius 3 is 2.75 bits per heavy atom. The SMILES string of the molecule is CCCCC(N)C(=O)NCC1(CCO)CC1. The van der Waals surface area contributed by atoms with Crippen LogP contribution in [-0.2, 0) is 4.79 Å². The molecule has 1 aliphatic carbocycles. The summed E-state index contributed by atoms with van der Waals surface area (Å²) in [6.45, 7) is 2.97. The fraction of sp³-hybridized carbons (Fsp3) is 0.917. The van der Waals surface area contributed by atoms with E-state index < -0.39 is 0 Å². The Labute approximate surface area is 97.6 Å². The molecule has 94 valence electrons. The molecule has 0 aromatic rings. The number of aliphatic hydroxyl groups excluding tert-OH is 1. The zero-order valence-electron chi connectivity index (χ0n) is 10.2. The quantitative estimate of drug-likeness (QED) is 0.575. The lowest BCUT2D eigenvalue weighted by Gasteiger charge is -2.17. The summed E-state index contributed by atoms with van der Waals surface area (Å²) in [7, 11) is 0. The largest absolute Gasteiger partial charge is 0.396 e. The number of unbranched alkanes of at least 4 members (excludes halogenated alkanes) is 1. The van der Waals surface area contributed by atoms with Crippen molar-refractivity contribution in [2.75, 3.05) is 13.2 Å². The lowest BCUT2D eigenvalue weighted by Crippen LogP contribution is -2.42. The van der Waals surface area contributed by atoms with E-state index in [4.69, 9.17) is 10.8 Å². The van der Waals surface area contributed by atoms with Crippen molar-refractivity contribution in [2.24, 2.45) is 11.1 Å². The van der Waals surface area contributed by atoms with Gasteiger partial charge in [0.05, 0.1) is 6.04 Å². The van der Waals surface area contributed by atoms with Gasteiger partial charge in [-0.3, -0.25) is 4.79 Å². The highest BCUT2D eigenvalue weighted by Gasteiger charge is 2.42. The Balaban J connectivity index is 2.19. The average Bonchev–Trinajstić information content (AvgIpc) is 3.03. The van der Waals surface area contributed by atoms with E-state index in [-0.39, 0.29) is 24.0 Å². The van der Waals surface area contributed by atoms with Gasteiger partial charge in [-0.2, -0.15) is 0 Å². The summed E-state index contributed by atoms with van der Waals surface area (Å²) in [5, 5.41) is 11.8. The maximum Gasteiger partial charge on any atom is 0.236 e. The minimum Gasteiger partial charge on any atom is -0.396 e. The van der Waals surface area contributed by atoms with Gasteiger partial charge in [0.25, 0.3) is 0 Å². The van der Waals surface area contributed by atoms with Gasteiger partial charge in [0.2, 0.25) is 5.91 Å². The standard InChI is InChI=1S/C12H24N2O2/c1-2-3-4-10(13)11(16)14-9-12(5-6-12)7-8-15/h10,15H,2-9,13H2,1H3,(H,14,16). The molecule has 0 heterocycles. The fourth-order valence-corrected chi connectivity index (χ4v) is 1.89. The number of aliphatic hydroxyl groups is 1. The number of hydrogen-bond donors (Lipinski definition) is 3. The van der Waals surface area contributed by atoms with Crippen molar-refractivity contribution in [2.45, 2.75) is 51.5 Å². The highest BCUT2D eigenvalue weighted by atomic mass is 16.3. The van der Waals surface area contributed by atoms with Crippen LogP contribution in [0.4, 0.5) is 0 Å². The number of amides is 1. The second-order valence-electron chi connectivity index (χ2n) is 4.94. The zero-order chi connectivity index (χ0) is 12.0. The molecule has 1 saturated carbocycles. The molecule has 0 radical (unpaired) electrons. The van der Waals surface area contributed by atoms with Crippen LogP contribution < -0.4 is 11.1 Å². The first-order valence-electron chi connectivity index (χ1n) is 6.28. The first-order chi connectivity index (χ1) is 7.63. The van der Waals surface area contributed by atoms with Crippen LogP contribution in [-0.4, -0.2) is 30.2 Å². The van der Waals surface area contributed by atoms with Crippen LogP contribution in [0.15, 0.2) is 0 Å². The number of rotatable bonds is 8. The molecular weight excluding hydrogens is 204 g/mol. The minimum atomic E-state index is -0.370. The Bertz CT molecular complexity index is 227. The molecule has 0 spiro atoms. The predicted octanol–water partition coefficient (Wildman–Crippen LogP) is 0.783. The molecule has 1 amide bonds. The molecular formula is C12H24N2O2. The summed E-state index contributed by atoms with van der Waals surface area (Å²) in [5.74, 6) is -0.0438. The molecule has 0 saturated heterocycles. The third-order valence-electron chi connectivity index (χ3n) is 3.44. The topological polar surface area (TPSA) is 75.4 Å². The van der Waals surface area contributed by atoms with Crippen molar-refractivity contribution in [3.63, 3.8) is 0 Å². The molecule has 0 aromatic carbocycles. The number of hydrogen-bond acceptors (Lipinski definition) is 3. The number of carbonyl (C=O) groups is 1. The summed E-state index contributed by atoms with van der Waals surface area (Å²) in [6, 6.07) is -0.370. The Morgan fingerprint density at radius 2 is 2.25 bits per heavy atom. The number of carbonyl (C=O) groups excluding carboxylic acids is 1. The lowest BCUT2D eigenvalue weighted by molar-refractivity contribution is -0.122. The molecule has 16 heavy (non-hydrogen) atoms. The first kappa shape index (κ1) is 13.5. The van der Waals surface area contributed by atoms with Crippen LogP contribution in [0, 0.1) is 5.41 Å². The van der Waals surface area contributed by atoms with Crippen LogP contribution in [0.1, 0.15) is 45.4 Å². The third kappa shape index (κ3) is 4.10. The van der Waals surface area contributed by atoms with Gasteiger partial charge in [-0.15, -0.1) is 0 Å². The number of nitrogens with one attached hydrogen (secondary N) is 1. The van der Waals surface area contributed by atoms with Gasteiger partial charge in [0.15, 0.2) is 0 Å². The summed E-state index contributed by atoms with van der Waals surface area (Å²) < 4.78 is 0. The maximum absolute atomic E-state index is 11.6. The fourth-order valence-electron chi connectivity index (χ4n) is 1.89. The third-order valence-corrected chi connectivity index (χ3v) is 3.44. The molecule has 4 N–H and O–H groups in total. The molecule has 1 atom stereocenters. The van der Waals surface area contributed by atoms with Crippen molar-refractivity contribution < 1.29 is 9.90 Å². The summed E-state index contributed by atoms with van der Waals surface area (Å²) in [6.07, 6.45) is 5.83. The van der Waals surface area contributed by atoms with Crippen LogP contribution in [0.3, 0.4) is 0 Å². The molecule has 4 nitrogen and oxygen atoms in total. The highest BCUT2D eigenvalue weighted by molar-refractivity contribution is 5.81. The number of nitrogens with two attached hydrogens (primary N) is 1. The summed E-state index contributed by atoms with van der Waals surface area (Å²) >= 11 is 0. The minimum absolute atomic E-state index is 0.0438. The van der Waals surface area contributed by atoms with Crippen LogP contribution in [0.5, 0.6) is 0 Å². The van der Waals surface area contributed by atoms with Gasteiger partial charge in [0.1, 0.15) is 0 Å². The van der Waals surface area contributed by atoms with Crippen molar-refractivity contribution >= 4 is 5.91 Å². The molecule has 1 aliphatic rings. The molecule has 0 aliphatic heterocycles. The molecule has 1 rings (SSSR count). The van der Waals surface area contributed by atoms with E-state index in [9.17, 15) is 4.79 Å². The molecule has 1 unspecified atom stereocenters. The second kappa shape index (κ2) is 6.21. The highest BCUT2D eigenvalue weighted by Crippen LogP contribution is 2.47. The Kier molecular flexibility index (Phi) is 5.22. The van der Waals surface area contributed by atoms with Gasteiger partial charge in [0, 0.05) is 13.2 Å². The predicted molar refractivity (Wildman–Crippen MR) is 63.9 cm³/mol. The lowest BCUT2D eigenvalue weighted by atomic mass is 10.0. The van der Waals surface area contributed by atoms with Crippen LogP contribution in [0.25, 0.3) is 0 Å². The Hall–Kier alpha value is -0.610. The molecule has 1 fully saturated rings. The molecule has 4 heteroatoms. The maximum atomic E-state index is 11.6. The monoisotopic (exact) mass is 228 g/mol. The van der Waals surface area contributed by atoms with Gasteiger partial charge >= 0.3 is 0 Å².